The maximum Gasteiger partial charge on any atom is 0.356 e. The second-order valence-corrected chi connectivity index (χ2v) is 2.80. The maximum atomic E-state index is 11.2. The molecule has 0 aliphatic carbocycles. The summed E-state index contributed by atoms with van der Waals surface area (Å²) in [5.74, 6) is -1.81. The van der Waals surface area contributed by atoms with Gasteiger partial charge >= 0.3 is 5.97 Å². The lowest BCUT2D eigenvalue weighted by Crippen LogP contribution is -2.26. The first-order valence-corrected chi connectivity index (χ1v) is 4.10. The Bertz CT molecular complexity index is 451. The number of aryl methyl sites for hydroxylation is 1. The zero-order chi connectivity index (χ0) is 11.4. The molecule has 1 rings (SSSR count). The second-order valence-electron chi connectivity index (χ2n) is 2.80. The summed E-state index contributed by atoms with van der Waals surface area (Å²) in [4.78, 5) is 32.2. The number of nitrogens with zero attached hydrogens (tertiary/aromatic N) is 2. The molecule has 15 heavy (non-hydrogen) atoms. The van der Waals surface area contributed by atoms with Gasteiger partial charge in [0, 0.05) is 12.5 Å². The van der Waals surface area contributed by atoms with E-state index < -0.39 is 17.4 Å². The van der Waals surface area contributed by atoms with Crippen molar-refractivity contribution >= 4 is 11.9 Å². The molecule has 0 bridgehead atoms. The Morgan fingerprint density at radius 1 is 1.47 bits per heavy atom. The van der Waals surface area contributed by atoms with E-state index in [1.54, 1.807) is 0 Å². The number of aromatic carboxylic acids is 1. The van der Waals surface area contributed by atoms with Crippen LogP contribution in [0.5, 0.6) is 0 Å². The Labute approximate surface area is 84.1 Å². The predicted molar refractivity (Wildman–Crippen MR) is 49.3 cm³/mol. The SMILES string of the molecule is NC(=O)CCn1nc(C(=O)O)ccc1=O. The molecule has 1 amide bonds. The van der Waals surface area contributed by atoms with Crippen molar-refractivity contribution in [1.29, 1.82) is 0 Å². The molecule has 1 aromatic heterocycles. The van der Waals surface area contributed by atoms with Crippen LogP contribution in [0.2, 0.25) is 0 Å². The van der Waals surface area contributed by atoms with E-state index in [9.17, 15) is 14.4 Å². The van der Waals surface area contributed by atoms with Crippen LogP contribution in [0.25, 0.3) is 0 Å². The molecule has 0 saturated heterocycles. The van der Waals surface area contributed by atoms with E-state index >= 15 is 0 Å². The van der Waals surface area contributed by atoms with Crippen LogP contribution in [0, 0.1) is 0 Å². The van der Waals surface area contributed by atoms with Crippen molar-refractivity contribution in [1.82, 2.24) is 9.78 Å². The molecular weight excluding hydrogens is 202 g/mol. The van der Waals surface area contributed by atoms with Crippen LogP contribution in [-0.4, -0.2) is 26.8 Å². The molecule has 1 aromatic rings. The lowest BCUT2D eigenvalue weighted by atomic mass is 10.4. The third-order valence-corrected chi connectivity index (χ3v) is 1.66. The van der Waals surface area contributed by atoms with Crippen LogP contribution in [0.4, 0.5) is 0 Å². The maximum absolute atomic E-state index is 11.2. The molecule has 7 nitrogen and oxygen atoms in total. The van der Waals surface area contributed by atoms with Gasteiger partial charge < -0.3 is 10.8 Å². The fraction of sp³-hybridized carbons (Fsp3) is 0.250. The molecule has 0 aliphatic rings. The van der Waals surface area contributed by atoms with Crippen molar-refractivity contribution in [2.75, 3.05) is 0 Å². The van der Waals surface area contributed by atoms with Crippen molar-refractivity contribution in [3.05, 3.63) is 28.2 Å². The number of primary amides is 1. The normalized spacial score (nSPS) is 9.87. The molecule has 7 heteroatoms. The van der Waals surface area contributed by atoms with Gasteiger partial charge in [0.25, 0.3) is 5.56 Å². The average Bonchev–Trinajstić information content (AvgIpc) is 2.16. The molecule has 0 saturated carbocycles. The molecule has 0 aromatic carbocycles. The van der Waals surface area contributed by atoms with Gasteiger partial charge in [-0.25, -0.2) is 9.48 Å². The van der Waals surface area contributed by atoms with E-state index in [4.69, 9.17) is 10.8 Å². The van der Waals surface area contributed by atoms with Gasteiger partial charge in [-0.2, -0.15) is 5.10 Å². The number of aromatic nitrogens is 2. The fourth-order valence-corrected chi connectivity index (χ4v) is 0.939. The van der Waals surface area contributed by atoms with E-state index in [0.717, 1.165) is 16.8 Å². The van der Waals surface area contributed by atoms with Crippen LogP contribution < -0.4 is 11.3 Å². The van der Waals surface area contributed by atoms with Crippen LogP contribution in [0.3, 0.4) is 0 Å². The molecule has 3 N–H and O–H groups in total. The number of hydrogen-bond donors (Lipinski definition) is 2. The molecular formula is C8H9N3O4. The number of amides is 1. The van der Waals surface area contributed by atoms with Gasteiger partial charge in [-0.15, -0.1) is 0 Å². The Hall–Kier alpha value is -2.18. The number of carbonyl (C=O) groups excluding carboxylic acids is 1. The standard InChI is InChI=1S/C8H9N3O4/c9-6(12)3-4-11-7(13)2-1-5(10-11)8(14)15/h1-2H,3-4H2,(H2,9,12)(H,14,15). The molecule has 0 unspecified atom stereocenters. The Kier molecular flexibility index (Phi) is 3.17. The predicted octanol–water partition coefficient (Wildman–Crippen LogP) is -1.18. The smallest absolute Gasteiger partial charge is 0.356 e. The minimum atomic E-state index is -1.23. The summed E-state index contributed by atoms with van der Waals surface area (Å²) in [6.07, 6.45) is -0.0595. The van der Waals surface area contributed by atoms with Crippen molar-refractivity contribution in [2.45, 2.75) is 13.0 Å². The van der Waals surface area contributed by atoms with Gasteiger partial charge in [-0.3, -0.25) is 9.59 Å². The van der Waals surface area contributed by atoms with Gasteiger partial charge in [-0.05, 0) is 6.07 Å². The monoisotopic (exact) mass is 211 g/mol. The molecule has 0 spiro atoms. The van der Waals surface area contributed by atoms with E-state index in [2.05, 4.69) is 5.10 Å². The highest BCUT2D eigenvalue weighted by molar-refractivity contribution is 5.84. The fourth-order valence-electron chi connectivity index (χ4n) is 0.939. The van der Waals surface area contributed by atoms with Gasteiger partial charge in [0.1, 0.15) is 0 Å². The van der Waals surface area contributed by atoms with Crippen LogP contribution in [-0.2, 0) is 11.3 Å². The van der Waals surface area contributed by atoms with Gasteiger partial charge in [0.2, 0.25) is 5.91 Å². The lowest BCUT2D eigenvalue weighted by Gasteiger charge is -2.02. The minimum Gasteiger partial charge on any atom is -0.476 e. The van der Waals surface area contributed by atoms with Crippen molar-refractivity contribution in [3.63, 3.8) is 0 Å². The first-order valence-electron chi connectivity index (χ1n) is 4.10. The van der Waals surface area contributed by atoms with Crippen LogP contribution in [0.1, 0.15) is 16.9 Å². The zero-order valence-corrected chi connectivity index (χ0v) is 7.71. The number of carboxylic acid groups (broad SMARTS) is 1. The second kappa shape index (κ2) is 4.36. The Morgan fingerprint density at radius 3 is 2.67 bits per heavy atom. The van der Waals surface area contributed by atoms with Gasteiger partial charge in [0.05, 0.1) is 6.54 Å². The topological polar surface area (TPSA) is 115 Å². The van der Waals surface area contributed by atoms with E-state index in [1.165, 1.54) is 0 Å². The highest BCUT2D eigenvalue weighted by Crippen LogP contribution is 1.91. The molecule has 0 aliphatic heterocycles. The molecule has 0 atom stereocenters. The summed E-state index contributed by atoms with van der Waals surface area (Å²) in [7, 11) is 0. The summed E-state index contributed by atoms with van der Waals surface area (Å²) in [6.45, 7) is -0.0186. The van der Waals surface area contributed by atoms with Crippen molar-refractivity contribution in [2.24, 2.45) is 5.73 Å². The van der Waals surface area contributed by atoms with Crippen molar-refractivity contribution in [3.8, 4) is 0 Å². The van der Waals surface area contributed by atoms with E-state index in [0.29, 0.717) is 0 Å². The van der Waals surface area contributed by atoms with E-state index in [-0.39, 0.29) is 18.7 Å². The summed E-state index contributed by atoms with van der Waals surface area (Å²) in [5.41, 5.74) is 4.17. The summed E-state index contributed by atoms with van der Waals surface area (Å²) >= 11 is 0. The molecule has 0 fully saturated rings. The highest BCUT2D eigenvalue weighted by atomic mass is 16.4. The third kappa shape index (κ3) is 2.90. The lowest BCUT2D eigenvalue weighted by molar-refractivity contribution is -0.118. The first-order chi connectivity index (χ1) is 7.00. The number of hydrogen-bond acceptors (Lipinski definition) is 4. The summed E-state index contributed by atoms with van der Waals surface area (Å²) in [5, 5.41) is 12.1. The minimum absolute atomic E-state index is 0.0186. The largest absolute Gasteiger partial charge is 0.476 e. The highest BCUT2D eigenvalue weighted by Gasteiger charge is 2.07. The number of carboxylic acids is 1. The molecule has 0 radical (unpaired) electrons. The van der Waals surface area contributed by atoms with Crippen LogP contribution in [0.15, 0.2) is 16.9 Å². The third-order valence-electron chi connectivity index (χ3n) is 1.66. The van der Waals surface area contributed by atoms with Crippen molar-refractivity contribution < 1.29 is 14.7 Å². The number of nitrogens with two attached hydrogens (primary N) is 1. The van der Waals surface area contributed by atoms with Gasteiger partial charge in [0.15, 0.2) is 5.69 Å². The number of rotatable bonds is 4. The Balaban J connectivity index is 2.95. The quantitative estimate of drug-likeness (QED) is 0.650. The summed E-state index contributed by atoms with van der Waals surface area (Å²) in [6, 6.07) is 2.18. The van der Waals surface area contributed by atoms with Crippen LogP contribution >= 0.6 is 0 Å². The Morgan fingerprint density at radius 2 is 2.13 bits per heavy atom. The first kappa shape index (κ1) is 10.9. The zero-order valence-electron chi connectivity index (χ0n) is 7.71. The summed E-state index contributed by atoms with van der Waals surface area (Å²) < 4.78 is 0.897. The number of carbonyl (C=O) groups is 2. The molecule has 1 heterocycles. The average molecular weight is 211 g/mol. The molecule has 80 valence electrons. The van der Waals surface area contributed by atoms with E-state index in [1.807, 2.05) is 0 Å². The van der Waals surface area contributed by atoms with Gasteiger partial charge in [-0.1, -0.05) is 0 Å².